The SMILES string of the molecule is O=C(Cc1ccccc1O)N[C@@H]1CCCc2c1cnn2Cc1ccccc1. The van der Waals surface area contributed by atoms with E-state index in [1.165, 1.54) is 11.3 Å². The van der Waals surface area contributed by atoms with E-state index in [0.29, 0.717) is 5.56 Å². The fourth-order valence-corrected chi connectivity index (χ4v) is 3.74. The second-order valence-corrected chi connectivity index (χ2v) is 7.01. The number of benzene rings is 2. The summed E-state index contributed by atoms with van der Waals surface area (Å²) in [6.45, 7) is 0.745. The van der Waals surface area contributed by atoms with Crippen molar-refractivity contribution in [2.75, 3.05) is 0 Å². The molecule has 0 unspecified atom stereocenters. The highest BCUT2D eigenvalue weighted by Crippen LogP contribution is 2.30. The first-order valence-electron chi connectivity index (χ1n) is 9.35. The Balaban J connectivity index is 1.47. The molecule has 5 heteroatoms. The van der Waals surface area contributed by atoms with Gasteiger partial charge in [-0.05, 0) is 30.9 Å². The highest BCUT2D eigenvalue weighted by molar-refractivity contribution is 5.79. The van der Waals surface area contributed by atoms with Gasteiger partial charge in [-0.15, -0.1) is 0 Å². The van der Waals surface area contributed by atoms with Gasteiger partial charge in [-0.3, -0.25) is 9.48 Å². The maximum Gasteiger partial charge on any atom is 0.225 e. The Morgan fingerprint density at radius 1 is 1.15 bits per heavy atom. The number of aromatic hydroxyl groups is 1. The van der Waals surface area contributed by atoms with Gasteiger partial charge < -0.3 is 10.4 Å². The number of aromatic nitrogens is 2. The van der Waals surface area contributed by atoms with E-state index < -0.39 is 0 Å². The van der Waals surface area contributed by atoms with Gasteiger partial charge in [0.25, 0.3) is 0 Å². The molecule has 1 aromatic heterocycles. The molecule has 27 heavy (non-hydrogen) atoms. The van der Waals surface area contributed by atoms with E-state index in [1.54, 1.807) is 18.2 Å². The first-order valence-corrected chi connectivity index (χ1v) is 9.35. The topological polar surface area (TPSA) is 67.2 Å². The van der Waals surface area contributed by atoms with Crippen molar-refractivity contribution in [1.82, 2.24) is 15.1 Å². The summed E-state index contributed by atoms with van der Waals surface area (Å²) in [5, 5.41) is 17.6. The van der Waals surface area contributed by atoms with Crippen LogP contribution in [0.4, 0.5) is 0 Å². The second kappa shape index (κ2) is 7.66. The molecule has 2 N–H and O–H groups in total. The predicted octanol–water partition coefficient (Wildman–Crippen LogP) is 3.37. The van der Waals surface area contributed by atoms with Gasteiger partial charge in [0.05, 0.1) is 25.2 Å². The second-order valence-electron chi connectivity index (χ2n) is 7.01. The van der Waals surface area contributed by atoms with Gasteiger partial charge in [-0.2, -0.15) is 5.10 Å². The molecule has 1 amide bonds. The highest BCUT2D eigenvalue weighted by Gasteiger charge is 2.25. The lowest BCUT2D eigenvalue weighted by Gasteiger charge is -2.24. The van der Waals surface area contributed by atoms with Crippen LogP contribution in [-0.2, 0) is 24.2 Å². The standard InChI is InChI=1S/C22H23N3O2/c26-21-12-5-4-9-17(21)13-22(27)24-19-10-6-11-20-18(19)14-23-25(20)15-16-7-2-1-3-8-16/h1-5,7-9,12,14,19,26H,6,10-11,13,15H2,(H,24,27)/t19-/m1/s1. The van der Waals surface area contributed by atoms with Crippen LogP contribution in [0, 0.1) is 0 Å². The van der Waals surface area contributed by atoms with Gasteiger partial charge in [0, 0.05) is 16.8 Å². The summed E-state index contributed by atoms with van der Waals surface area (Å²) in [5.41, 5.74) is 4.18. The molecule has 0 aliphatic heterocycles. The predicted molar refractivity (Wildman–Crippen MR) is 103 cm³/mol. The lowest BCUT2D eigenvalue weighted by atomic mass is 9.92. The molecule has 138 valence electrons. The van der Waals surface area contributed by atoms with Crippen molar-refractivity contribution in [2.45, 2.75) is 38.3 Å². The molecule has 0 radical (unpaired) electrons. The quantitative estimate of drug-likeness (QED) is 0.732. The molecular formula is C22H23N3O2. The third kappa shape index (κ3) is 3.87. The number of phenols is 1. The molecule has 0 spiro atoms. The molecule has 1 heterocycles. The fraction of sp³-hybridized carbons (Fsp3) is 0.273. The third-order valence-corrected chi connectivity index (χ3v) is 5.12. The Labute approximate surface area is 158 Å². The van der Waals surface area contributed by atoms with Gasteiger partial charge in [0.2, 0.25) is 5.91 Å². The average Bonchev–Trinajstić information content (AvgIpc) is 3.08. The molecule has 0 saturated heterocycles. The summed E-state index contributed by atoms with van der Waals surface area (Å²) in [6, 6.07) is 17.2. The van der Waals surface area contributed by atoms with E-state index in [-0.39, 0.29) is 24.1 Å². The Kier molecular flexibility index (Phi) is 4.92. The summed E-state index contributed by atoms with van der Waals surface area (Å²) < 4.78 is 2.05. The first-order chi connectivity index (χ1) is 13.2. The molecular weight excluding hydrogens is 338 g/mol. The molecule has 0 fully saturated rings. The minimum atomic E-state index is -0.0786. The summed E-state index contributed by atoms with van der Waals surface area (Å²) >= 11 is 0. The van der Waals surface area contributed by atoms with E-state index in [0.717, 1.165) is 31.4 Å². The lowest BCUT2D eigenvalue weighted by molar-refractivity contribution is -0.121. The van der Waals surface area contributed by atoms with Crippen molar-refractivity contribution in [3.63, 3.8) is 0 Å². The van der Waals surface area contributed by atoms with E-state index >= 15 is 0 Å². The summed E-state index contributed by atoms with van der Waals surface area (Å²) in [4.78, 5) is 12.5. The molecule has 1 aliphatic carbocycles. The smallest absolute Gasteiger partial charge is 0.225 e. The van der Waals surface area contributed by atoms with Crippen molar-refractivity contribution in [2.24, 2.45) is 0 Å². The molecule has 0 bridgehead atoms. The van der Waals surface area contributed by atoms with E-state index in [2.05, 4.69) is 22.5 Å². The van der Waals surface area contributed by atoms with Gasteiger partial charge in [-0.1, -0.05) is 48.5 Å². The number of nitrogens with one attached hydrogen (secondary N) is 1. The lowest BCUT2D eigenvalue weighted by Crippen LogP contribution is -2.32. The highest BCUT2D eigenvalue weighted by atomic mass is 16.3. The number of carbonyl (C=O) groups is 1. The van der Waals surface area contributed by atoms with Crippen LogP contribution in [0.2, 0.25) is 0 Å². The van der Waals surface area contributed by atoms with Crippen molar-refractivity contribution in [3.05, 3.63) is 83.2 Å². The van der Waals surface area contributed by atoms with Crippen LogP contribution in [0.1, 0.15) is 41.3 Å². The van der Waals surface area contributed by atoms with E-state index in [9.17, 15) is 9.90 Å². The van der Waals surface area contributed by atoms with Crippen LogP contribution >= 0.6 is 0 Å². The molecule has 1 atom stereocenters. The van der Waals surface area contributed by atoms with Crippen LogP contribution in [0.25, 0.3) is 0 Å². The number of nitrogens with zero attached hydrogens (tertiary/aromatic N) is 2. The number of amides is 1. The number of hydrogen-bond donors (Lipinski definition) is 2. The van der Waals surface area contributed by atoms with Crippen molar-refractivity contribution < 1.29 is 9.90 Å². The molecule has 0 saturated carbocycles. The Morgan fingerprint density at radius 2 is 1.93 bits per heavy atom. The van der Waals surface area contributed by atoms with Crippen LogP contribution in [0.5, 0.6) is 5.75 Å². The third-order valence-electron chi connectivity index (χ3n) is 5.12. The minimum Gasteiger partial charge on any atom is -0.508 e. The number of fused-ring (bicyclic) bond motifs is 1. The molecule has 1 aliphatic rings. The first kappa shape index (κ1) is 17.3. The summed E-state index contributed by atoms with van der Waals surface area (Å²) in [7, 11) is 0. The van der Waals surface area contributed by atoms with Crippen molar-refractivity contribution >= 4 is 5.91 Å². The van der Waals surface area contributed by atoms with Gasteiger partial charge in [0.1, 0.15) is 5.75 Å². The largest absolute Gasteiger partial charge is 0.508 e. The number of carbonyl (C=O) groups excluding carboxylic acids is 1. The van der Waals surface area contributed by atoms with Crippen molar-refractivity contribution in [3.8, 4) is 5.75 Å². The minimum absolute atomic E-state index is 0.0170. The number of rotatable bonds is 5. The summed E-state index contributed by atoms with van der Waals surface area (Å²) in [5.74, 6) is 0.0813. The van der Waals surface area contributed by atoms with Crippen LogP contribution in [0.3, 0.4) is 0 Å². The van der Waals surface area contributed by atoms with Crippen molar-refractivity contribution in [1.29, 1.82) is 0 Å². The molecule has 4 rings (SSSR count). The zero-order valence-corrected chi connectivity index (χ0v) is 15.1. The van der Waals surface area contributed by atoms with Gasteiger partial charge in [0.15, 0.2) is 0 Å². The van der Waals surface area contributed by atoms with E-state index in [1.807, 2.05) is 35.1 Å². The Bertz CT molecular complexity index is 934. The van der Waals surface area contributed by atoms with Gasteiger partial charge in [-0.25, -0.2) is 0 Å². The Hall–Kier alpha value is -3.08. The number of para-hydroxylation sites is 1. The maximum atomic E-state index is 12.5. The van der Waals surface area contributed by atoms with Crippen LogP contribution in [-0.4, -0.2) is 20.8 Å². The molecule has 3 aromatic rings. The maximum absolute atomic E-state index is 12.5. The fourth-order valence-electron chi connectivity index (χ4n) is 3.74. The Morgan fingerprint density at radius 3 is 2.74 bits per heavy atom. The average molecular weight is 361 g/mol. The number of phenolic OH excluding ortho intramolecular Hbond substituents is 1. The van der Waals surface area contributed by atoms with Gasteiger partial charge >= 0.3 is 0 Å². The normalized spacial score (nSPS) is 15.9. The van der Waals surface area contributed by atoms with Crippen LogP contribution in [0.15, 0.2) is 60.8 Å². The summed E-state index contributed by atoms with van der Waals surface area (Å²) in [6.07, 6.45) is 4.98. The monoisotopic (exact) mass is 361 g/mol. The van der Waals surface area contributed by atoms with Crippen LogP contribution < -0.4 is 5.32 Å². The zero-order valence-electron chi connectivity index (χ0n) is 15.1. The molecule has 2 aromatic carbocycles. The number of hydrogen-bond acceptors (Lipinski definition) is 3. The zero-order chi connectivity index (χ0) is 18.6. The molecule has 5 nitrogen and oxygen atoms in total. The van der Waals surface area contributed by atoms with E-state index in [4.69, 9.17) is 0 Å².